The van der Waals surface area contributed by atoms with Gasteiger partial charge in [0, 0.05) is 21.8 Å². The number of halogens is 2. The molecule has 30 heavy (non-hydrogen) atoms. The quantitative estimate of drug-likeness (QED) is 0.610. The van der Waals surface area contributed by atoms with Gasteiger partial charge in [0.05, 0.1) is 24.2 Å². The number of anilines is 2. The van der Waals surface area contributed by atoms with Crippen molar-refractivity contribution in [2.75, 3.05) is 17.7 Å². The monoisotopic (exact) mass is 444 g/mol. The van der Waals surface area contributed by atoms with Gasteiger partial charge in [-0.1, -0.05) is 35.3 Å². The van der Waals surface area contributed by atoms with Gasteiger partial charge in [-0.3, -0.25) is 9.59 Å². The summed E-state index contributed by atoms with van der Waals surface area (Å²) in [4.78, 5) is 25.3. The van der Waals surface area contributed by atoms with Crippen LogP contribution in [0.3, 0.4) is 0 Å². The Morgan fingerprint density at radius 2 is 2.07 bits per heavy atom. The minimum Gasteiger partial charge on any atom is -0.495 e. The smallest absolute Gasteiger partial charge is 0.249 e. The average Bonchev–Trinajstić information content (AvgIpc) is 3.04. The molecule has 0 aliphatic carbocycles. The number of methoxy groups -OCH3 is 1. The molecule has 2 heterocycles. The van der Waals surface area contributed by atoms with E-state index < -0.39 is 6.04 Å². The second-order valence-electron chi connectivity index (χ2n) is 6.88. The Bertz CT molecular complexity index is 1160. The van der Waals surface area contributed by atoms with Gasteiger partial charge in [-0.2, -0.15) is 5.10 Å². The van der Waals surface area contributed by atoms with Crippen molar-refractivity contribution in [3.63, 3.8) is 0 Å². The Hall–Kier alpha value is -3.03. The first-order valence-corrected chi connectivity index (χ1v) is 9.92. The van der Waals surface area contributed by atoms with Crippen molar-refractivity contribution in [1.82, 2.24) is 9.78 Å². The van der Waals surface area contributed by atoms with Gasteiger partial charge in [-0.25, -0.2) is 4.68 Å². The third-order valence-electron chi connectivity index (χ3n) is 4.90. The minimum absolute atomic E-state index is 0.0289. The number of hydrogen-bond donors (Lipinski definition) is 2. The second kappa shape index (κ2) is 8.01. The molecular weight excluding hydrogens is 427 g/mol. The molecule has 1 aliphatic heterocycles. The lowest BCUT2D eigenvalue weighted by Crippen LogP contribution is -2.35. The highest BCUT2D eigenvalue weighted by molar-refractivity contribution is 6.32. The number of ether oxygens (including phenoxy) is 1. The van der Waals surface area contributed by atoms with Crippen LogP contribution in [-0.2, 0) is 9.59 Å². The van der Waals surface area contributed by atoms with E-state index in [0.717, 1.165) is 11.1 Å². The number of amides is 2. The number of carbonyl (C=O) groups is 2. The first-order valence-electron chi connectivity index (χ1n) is 9.16. The lowest BCUT2D eigenvalue weighted by Gasteiger charge is -2.24. The van der Waals surface area contributed by atoms with Crippen LogP contribution in [0.25, 0.3) is 11.3 Å². The summed E-state index contributed by atoms with van der Waals surface area (Å²) >= 11 is 12.3. The second-order valence-corrected chi connectivity index (χ2v) is 7.73. The maximum atomic E-state index is 13.0. The summed E-state index contributed by atoms with van der Waals surface area (Å²) in [6.45, 7) is 1.85. The van der Waals surface area contributed by atoms with Gasteiger partial charge in [-0.15, -0.1) is 0 Å². The summed E-state index contributed by atoms with van der Waals surface area (Å²) in [6, 6.07) is 11.4. The summed E-state index contributed by atoms with van der Waals surface area (Å²) in [5.74, 6) is 0.375. The highest BCUT2D eigenvalue weighted by atomic mass is 35.5. The Balaban J connectivity index is 1.68. The SMILES string of the molecule is COc1ccc(NC(=O)C2CC(=O)Nc3c(C)c(-c4cccc(Cl)c4)nn32)cc1Cl. The highest BCUT2D eigenvalue weighted by Gasteiger charge is 2.34. The number of rotatable bonds is 4. The Morgan fingerprint density at radius 3 is 2.77 bits per heavy atom. The normalized spacial score (nSPS) is 15.3. The fraction of sp³-hybridized carbons (Fsp3) is 0.190. The lowest BCUT2D eigenvalue weighted by atomic mass is 10.1. The zero-order chi connectivity index (χ0) is 21.4. The third kappa shape index (κ3) is 3.74. The van der Waals surface area contributed by atoms with E-state index in [0.29, 0.717) is 33.0 Å². The van der Waals surface area contributed by atoms with Crippen LogP contribution in [0.2, 0.25) is 10.0 Å². The fourth-order valence-corrected chi connectivity index (χ4v) is 3.87. The molecule has 1 atom stereocenters. The number of benzene rings is 2. The van der Waals surface area contributed by atoms with Gasteiger partial charge in [0.2, 0.25) is 11.8 Å². The number of aromatic nitrogens is 2. The van der Waals surface area contributed by atoms with Crippen molar-refractivity contribution in [3.05, 3.63) is 58.1 Å². The molecule has 1 aliphatic rings. The van der Waals surface area contributed by atoms with Gasteiger partial charge >= 0.3 is 0 Å². The predicted octanol–water partition coefficient (Wildman–Crippen LogP) is 4.70. The van der Waals surface area contributed by atoms with Gasteiger partial charge in [0.25, 0.3) is 0 Å². The zero-order valence-electron chi connectivity index (χ0n) is 16.2. The van der Waals surface area contributed by atoms with Gasteiger partial charge in [0.1, 0.15) is 17.6 Å². The number of nitrogens with zero attached hydrogens (tertiary/aromatic N) is 2. The molecule has 0 radical (unpaired) electrons. The van der Waals surface area contributed by atoms with Gasteiger partial charge in [0.15, 0.2) is 0 Å². The first-order chi connectivity index (χ1) is 14.4. The summed E-state index contributed by atoms with van der Waals surface area (Å²) in [5.41, 5.74) is 2.71. The van der Waals surface area contributed by atoms with E-state index in [1.165, 1.54) is 7.11 Å². The van der Waals surface area contributed by atoms with Gasteiger partial charge in [-0.05, 0) is 37.3 Å². The van der Waals surface area contributed by atoms with Crippen LogP contribution in [0.5, 0.6) is 5.75 Å². The molecular formula is C21H18Cl2N4O3. The van der Waals surface area contributed by atoms with E-state index in [2.05, 4.69) is 15.7 Å². The molecule has 0 saturated carbocycles. The maximum absolute atomic E-state index is 13.0. The van der Waals surface area contributed by atoms with Crippen molar-refractivity contribution in [3.8, 4) is 17.0 Å². The van der Waals surface area contributed by atoms with Crippen molar-refractivity contribution in [2.45, 2.75) is 19.4 Å². The van der Waals surface area contributed by atoms with Crippen LogP contribution >= 0.6 is 23.2 Å². The molecule has 2 aromatic carbocycles. The number of nitrogens with one attached hydrogen (secondary N) is 2. The molecule has 0 bridgehead atoms. The van der Waals surface area contributed by atoms with Crippen LogP contribution in [0.15, 0.2) is 42.5 Å². The topological polar surface area (TPSA) is 85.2 Å². The van der Waals surface area contributed by atoms with E-state index in [4.69, 9.17) is 27.9 Å². The molecule has 4 rings (SSSR count). The molecule has 0 fully saturated rings. The summed E-state index contributed by atoms with van der Waals surface area (Å²) in [7, 11) is 1.51. The highest BCUT2D eigenvalue weighted by Crippen LogP contribution is 2.35. The standard InChI is InChI=1S/C21H18Cl2N4O3/c1-11-19(12-4-3-5-13(22)8-12)26-27-16(10-18(28)25-20(11)27)21(29)24-14-6-7-17(30-2)15(23)9-14/h3-9,16H,10H2,1-2H3,(H,24,29)(H,25,28). The zero-order valence-corrected chi connectivity index (χ0v) is 17.7. The molecule has 7 nitrogen and oxygen atoms in total. The van der Waals surface area contributed by atoms with Crippen molar-refractivity contribution >= 4 is 46.5 Å². The van der Waals surface area contributed by atoms with Crippen LogP contribution in [-0.4, -0.2) is 28.7 Å². The molecule has 0 saturated heterocycles. The van der Waals surface area contributed by atoms with E-state index >= 15 is 0 Å². The van der Waals surface area contributed by atoms with Crippen LogP contribution in [0, 0.1) is 6.92 Å². The Morgan fingerprint density at radius 1 is 1.27 bits per heavy atom. The van der Waals surface area contributed by atoms with Crippen molar-refractivity contribution < 1.29 is 14.3 Å². The summed E-state index contributed by atoms with van der Waals surface area (Å²) in [5, 5.41) is 11.2. The van der Waals surface area contributed by atoms with Crippen LogP contribution in [0.4, 0.5) is 11.5 Å². The Labute approximate surface area is 182 Å². The van der Waals surface area contributed by atoms with E-state index in [1.807, 2.05) is 19.1 Å². The molecule has 1 unspecified atom stereocenters. The molecule has 9 heteroatoms. The van der Waals surface area contributed by atoms with E-state index in [1.54, 1.807) is 35.0 Å². The fourth-order valence-electron chi connectivity index (χ4n) is 3.42. The molecule has 1 aromatic heterocycles. The lowest BCUT2D eigenvalue weighted by molar-refractivity contribution is -0.125. The third-order valence-corrected chi connectivity index (χ3v) is 5.43. The number of carbonyl (C=O) groups excluding carboxylic acids is 2. The Kier molecular flexibility index (Phi) is 5.40. The minimum atomic E-state index is -0.804. The molecule has 154 valence electrons. The van der Waals surface area contributed by atoms with E-state index in [9.17, 15) is 9.59 Å². The molecule has 0 spiro atoms. The van der Waals surface area contributed by atoms with Crippen LogP contribution in [0.1, 0.15) is 18.0 Å². The number of hydrogen-bond acceptors (Lipinski definition) is 4. The largest absolute Gasteiger partial charge is 0.495 e. The van der Waals surface area contributed by atoms with Crippen molar-refractivity contribution in [2.24, 2.45) is 0 Å². The van der Waals surface area contributed by atoms with Crippen molar-refractivity contribution in [1.29, 1.82) is 0 Å². The van der Waals surface area contributed by atoms with Crippen LogP contribution < -0.4 is 15.4 Å². The van der Waals surface area contributed by atoms with Gasteiger partial charge < -0.3 is 15.4 Å². The first kappa shape index (κ1) is 20.3. The summed E-state index contributed by atoms with van der Waals surface area (Å²) in [6.07, 6.45) is -0.0289. The predicted molar refractivity (Wildman–Crippen MR) is 116 cm³/mol. The number of fused-ring (bicyclic) bond motifs is 1. The molecule has 3 aromatic rings. The maximum Gasteiger partial charge on any atom is 0.249 e. The summed E-state index contributed by atoms with van der Waals surface area (Å²) < 4.78 is 6.68. The average molecular weight is 445 g/mol. The molecule has 2 amide bonds. The van der Waals surface area contributed by atoms with E-state index in [-0.39, 0.29) is 18.2 Å². The molecule has 2 N–H and O–H groups in total.